The predicted octanol–water partition coefficient (Wildman–Crippen LogP) is 3.54. The van der Waals surface area contributed by atoms with Crippen molar-refractivity contribution in [2.45, 2.75) is 66.1 Å². The number of halogens is 1. The van der Waals surface area contributed by atoms with Crippen molar-refractivity contribution < 1.29 is 4.39 Å². The van der Waals surface area contributed by atoms with E-state index in [-0.39, 0.29) is 0 Å². The molecule has 0 aromatic heterocycles. The highest BCUT2D eigenvalue weighted by atomic mass is 19.1. The molecule has 1 nitrogen and oxygen atoms in total. The monoisotopic (exact) mass is 191 g/mol. The van der Waals surface area contributed by atoms with Gasteiger partial charge in [-0.05, 0) is 25.8 Å². The van der Waals surface area contributed by atoms with Crippen LogP contribution >= 0.6 is 0 Å². The van der Waals surface area contributed by atoms with E-state index in [2.05, 4.69) is 19.2 Å². The third-order valence-corrected chi connectivity index (χ3v) is 1.97. The Morgan fingerprint density at radius 2 is 1.62 bits per heavy atom. The van der Waals surface area contributed by atoms with Crippen LogP contribution in [0.15, 0.2) is 0 Å². The van der Waals surface area contributed by atoms with Crippen LogP contribution in [0.2, 0.25) is 0 Å². The van der Waals surface area contributed by atoms with E-state index in [1.165, 1.54) is 0 Å². The summed E-state index contributed by atoms with van der Waals surface area (Å²) in [5.74, 6) is 0. The molecule has 0 radical (unpaired) electrons. The Kier molecular flexibility index (Phi) is 14.1. The lowest BCUT2D eigenvalue weighted by molar-refractivity contribution is 0.269. The van der Waals surface area contributed by atoms with Crippen LogP contribution in [0.3, 0.4) is 0 Å². The molecule has 13 heavy (non-hydrogen) atoms. The second kappa shape index (κ2) is 11.9. The SMILES string of the molecule is CC.CCNC(CC)CC(F)CC. The number of alkyl halides is 1. The number of rotatable bonds is 6. The van der Waals surface area contributed by atoms with Crippen molar-refractivity contribution in [3.8, 4) is 0 Å². The third kappa shape index (κ3) is 9.81. The van der Waals surface area contributed by atoms with Gasteiger partial charge in [0, 0.05) is 6.04 Å². The largest absolute Gasteiger partial charge is 0.314 e. The van der Waals surface area contributed by atoms with E-state index in [9.17, 15) is 4.39 Å². The summed E-state index contributed by atoms with van der Waals surface area (Å²) in [6, 6.07) is 0.370. The highest BCUT2D eigenvalue weighted by molar-refractivity contribution is 4.68. The fourth-order valence-electron chi connectivity index (χ4n) is 1.16. The average Bonchev–Trinajstić information content (AvgIpc) is 2.20. The molecule has 0 bridgehead atoms. The smallest absolute Gasteiger partial charge is 0.101 e. The molecule has 0 fully saturated rings. The molecule has 0 rings (SSSR count). The van der Waals surface area contributed by atoms with Gasteiger partial charge in [-0.2, -0.15) is 0 Å². The lowest BCUT2D eigenvalue weighted by Crippen LogP contribution is -2.30. The molecule has 0 aliphatic carbocycles. The Labute approximate surface area is 83.1 Å². The summed E-state index contributed by atoms with van der Waals surface area (Å²) in [4.78, 5) is 0. The van der Waals surface area contributed by atoms with Crippen LogP contribution in [0.5, 0.6) is 0 Å². The van der Waals surface area contributed by atoms with Crippen molar-refractivity contribution in [3.05, 3.63) is 0 Å². The van der Waals surface area contributed by atoms with Crippen molar-refractivity contribution in [1.82, 2.24) is 5.32 Å². The molecule has 2 heteroatoms. The van der Waals surface area contributed by atoms with Gasteiger partial charge < -0.3 is 5.32 Å². The molecule has 82 valence electrons. The normalized spacial score (nSPS) is 14.3. The molecule has 0 aliphatic heterocycles. The van der Waals surface area contributed by atoms with E-state index in [0.29, 0.717) is 18.9 Å². The van der Waals surface area contributed by atoms with E-state index in [0.717, 1.165) is 13.0 Å². The van der Waals surface area contributed by atoms with E-state index in [1.54, 1.807) is 0 Å². The molecule has 0 saturated carbocycles. The molecular formula is C11H26FN. The van der Waals surface area contributed by atoms with Gasteiger partial charge in [-0.25, -0.2) is 4.39 Å². The van der Waals surface area contributed by atoms with Crippen LogP contribution in [-0.4, -0.2) is 18.8 Å². The molecular weight excluding hydrogens is 165 g/mol. The van der Waals surface area contributed by atoms with Crippen molar-refractivity contribution in [2.75, 3.05) is 6.54 Å². The minimum Gasteiger partial charge on any atom is -0.314 e. The summed E-state index contributed by atoms with van der Waals surface area (Å²) >= 11 is 0. The van der Waals surface area contributed by atoms with E-state index in [1.807, 2.05) is 20.8 Å². The van der Waals surface area contributed by atoms with Crippen LogP contribution < -0.4 is 5.32 Å². The summed E-state index contributed by atoms with van der Waals surface area (Å²) in [6.45, 7) is 11.0. The van der Waals surface area contributed by atoms with Gasteiger partial charge in [-0.3, -0.25) is 0 Å². The first-order chi connectivity index (χ1) is 6.24. The maximum absolute atomic E-state index is 12.9. The van der Waals surface area contributed by atoms with Gasteiger partial charge in [0.05, 0.1) is 0 Å². The van der Waals surface area contributed by atoms with Gasteiger partial charge in [0.1, 0.15) is 6.17 Å². The van der Waals surface area contributed by atoms with Gasteiger partial charge in [0.15, 0.2) is 0 Å². The van der Waals surface area contributed by atoms with Crippen molar-refractivity contribution in [1.29, 1.82) is 0 Å². The summed E-state index contributed by atoms with van der Waals surface area (Å²) < 4.78 is 12.9. The molecule has 0 aromatic rings. The summed E-state index contributed by atoms with van der Waals surface area (Å²) in [6.07, 6.45) is 1.70. The standard InChI is InChI=1S/C9H20FN.C2H6/c1-4-8(10)7-9(5-2)11-6-3;1-2/h8-9,11H,4-7H2,1-3H3;1-2H3. The zero-order valence-corrected chi connectivity index (χ0v) is 9.86. The Balaban J connectivity index is 0. The van der Waals surface area contributed by atoms with Gasteiger partial charge in [0.25, 0.3) is 0 Å². The molecule has 0 amide bonds. The topological polar surface area (TPSA) is 12.0 Å². The molecule has 1 N–H and O–H groups in total. The van der Waals surface area contributed by atoms with Crippen LogP contribution in [0.25, 0.3) is 0 Å². The minimum absolute atomic E-state index is 0.370. The van der Waals surface area contributed by atoms with E-state index < -0.39 is 6.17 Å². The van der Waals surface area contributed by atoms with Crippen molar-refractivity contribution in [3.63, 3.8) is 0 Å². The Morgan fingerprint density at radius 1 is 1.08 bits per heavy atom. The lowest BCUT2D eigenvalue weighted by Gasteiger charge is -2.17. The van der Waals surface area contributed by atoms with Gasteiger partial charge in [-0.1, -0.05) is 34.6 Å². The Hall–Kier alpha value is -0.110. The van der Waals surface area contributed by atoms with Crippen LogP contribution in [0.4, 0.5) is 4.39 Å². The van der Waals surface area contributed by atoms with E-state index in [4.69, 9.17) is 0 Å². The van der Waals surface area contributed by atoms with Gasteiger partial charge >= 0.3 is 0 Å². The summed E-state index contributed by atoms with van der Waals surface area (Å²) in [5.41, 5.74) is 0. The number of hydrogen-bond donors (Lipinski definition) is 1. The maximum atomic E-state index is 12.9. The highest BCUT2D eigenvalue weighted by Crippen LogP contribution is 2.08. The average molecular weight is 191 g/mol. The number of nitrogens with one attached hydrogen (secondary N) is 1. The van der Waals surface area contributed by atoms with Crippen molar-refractivity contribution in [2.24, 2.45) is 0 Å². The Morgan fingerprint density at radius 3 is 1.92 bits per heavy atom. The molecule has 0 aromatic carbocycles. The Bertz CT molecular complexity index is 86.2. The second-order valence-electron chi connectivity index (χ2n) is 2.90. The third-order valence-electron chi connectivity index (χ3n) is 1.97. The number of hydrogen-bond acceptors (Lipinski definition) is 1. The molecule has 0 saturated heterocycles. The van der Waals surface area contributed by atoms with Gasteiger partial charge in [-0.15, -0.1) is 0 Å². The fourth-order valence-corrected chi connectivity index (χ4v) is 1.16. The van der Waals surface area contributed by atoms with E-state index >= 15 is 0 Å². The van der Waals surface area contributed by atoms with Crippen LogP contribution in [0, 0.1) is 0 Å². The van der Waals surface area contributed by atoms with Crippen LogP contribution in [-0.2, 0) is 0 Å². The molecule has 2 atom stereocenters. The molecule has 2 unspecified atom stereocenters. The molecule has 0 spiro atoms. The summed E-state index contributed by atoms with van der Waals surface area (Å²) in [5, 5.41) is 3.26. The molecule has 0 aliphatic rings. The predicted molar refractivity (Wildman–Crippen MR) is 58.9 cm³/mol. The highest BCUT2D eigenvalue weighted by Gasteiger charge is 2.10. The zero-order valence-electron chi connectivity index (χ0n) is 9.86. The lowest BCUT2D eigenvalue weighted by atomic mass is 10.1. The van der Waals surface area contributed by atoms with Crippen LogP contribution in [0.1, 0.15) is 53.9 Å². The minimum atomic E-state index is -0.626. The zero-order chi connectivity index (χ0) is 10.7. The first-order valence-electron chi connectivity index (χ1n) is 5.61. The quantitative estimate of drug-likeness (QED) is 0.677. The summed E-state index contributed by atoms with van der Waals surface area (Å²) in [7, 11) is 0. The second-order valence-corrected chi connectivity index (χ2v) is 2.90. The fraction of sp³-hybridized carbons (Fsp3) is 1.00. The first-order valence-corrected chi connectivity index (χ1v) is 5.61. The maximum Gasteiger partial charge on any atom is 0.101 e. The van der Waals surface area contributed by atoms with Gasteiger partial charge in [0.2, 0.25) is 0 Å². The van der Waals surface area contributed by atoms with Crippen molar-refractivity contribution >= 4 is 0 Å². The molecule has 0 heterocycles. The first kappa shape index (κ1) is 15.4.